The van der Waals surface area contributed by atoms with E-state index >= 15 is 0 Å². The van der Waals surface area contributed by atoms with Gasteiger partial charge in [0.15, 0.2) is 11.5 Å². The third-order valence-electron chi connectivity index (χ3n) is 4.92. The first kappa shape index (κ1) is 14.6. The zero-order valence-corrected chi connectivity index (χ0v) is 13.1. The molecule has 1 saturated carbocycles. The maximum Gasteiger partial charge on any atom is 0.231 e. The van der Waals surface area contributed by atoms with Gasteiger partial charge in [-0.05, 0) is 30.4 Å². The molecule has 0 bridgehead atoms. The molecule has 1 aromatic carbocycles. The van der Waals surface area contributed by atoms with Gasteiger partial charge in [-0.1, -0.05) is 11.6 Å². The molecule has 0 aromatic heterocycles. The minimum absolute atomic E-state index is 0.235. The highest BCUT2D eigenvalue weighted by Crippen LogP contribution is 2.39. The predicted molar refractivity (Wildman–Crippen MR) is 81.3 cm³/mol. The summed E-state index contributed by atoms with van der Waals surface area (Å²) in [6.07, 6.45) is 2.18. The highest BCUT2D eigenvalue weighted by molar-refractivity contribution is 6.31. The Morgan fingerprint density at radius 2 is 2.05 bits per heavy atom. The van der Waals surface area contributed by atoms with Crippen molar-refractivity contribution in [3.05, 3.63) is 22.7 Å². The molecule has 3 aliphatic rings. The number of hydrogen-bond donors (Lipinski definition) is 1. The van der Waals surface area contributed by atoms with Crippen molar-refractivity contribution < 1.29 is 19.3 Å². The number of aliphatic hydroxyl groups excluding tert-OH is 1. The molecule has 1 aromatic rings. The summed E-state index contributed by atoms with van der Waals surface area (Å²) in [5.41, 5.74) is 1.05. The minimum atomic E-state index is 0.235. The molecule has 3 atom stereocenters. The van der Waals surface area contributed by atoms with Gasteiger partial charge in [-0.3, -0.25) is 4.90 Å². The SMILES string of the molecule is OC[C@H]1CC2OCCN(Cc3cc4c(cc3Cl)OCO4)[C@H]2C1. The van der Waals surface area contributed by atoms with Crippen LogP contribution in [0, 0.1) is 5.92 Å². The Bertz CT molecular complexity index is 567. The number of rotatable bonds is 3. The standard InChI is InChI=1S/C16H20ClNO4/c17-12-6-16-15(21-9-22-16)5-11(12)7-18-1-2-20-14-4-10(8-19)3-13(14)18/h5-6,10,13-14,19H,1-4,7-9H2/t10-,13+,14?/m1/s1. The van der Waals surface area contributed by atoms with Gasteiger partial charge in [0, 0.05) is 36.8 Å². The lowest BCUT2D eigenvalue weighted by molar-refractivity contribution is -0.0590. The second-order valence-electron chi connectivity index (χ2n) is 6.26. The van der Waals surface area contributed by atoms with Gasteiger partial charge in [0.05, 0.1) is 12.7 Å². The van der Waals surface area contributed by atoms with Crippen LogP contribution in [0.3, 0.4) is 0 Å². The van der Waals surface area contributed by atoms with Crippen LogP contribution < -0.4 is 9.47 Å². The summed E-state index contributed by atoms with van der Waals surface area (Å²) < 4.78 is 16.7. The molecular weight excluding hydrogens is 306 g/mol. The Balaban J connectivity index is 1.53. The number of fused-ring (bicyclic) bond motifs is 2. The maximum absolute atomic E-state index is 9.41. The smallest absolute Gasteiger partial charge is 0.231 e. The summed E-state index contributed by atoms with van der Waals surface area (Å²) in [6, 6.07) is 4.18. The number of aliphatic hydroxyl groups is 1. The fourth-order valence-corrected chi connectivity index (χ4v) is 3.98. The number of hydrogen-bond acceptors (Lipinski definition) is 5. The van der Waals surface area contributed by atoms with E-state index in [0.29, 0.717) is 17.0 Å². The molecule has 2 aliphatic heterocycles. The van der Waals surface area contributed by atoms with Crippen molar-refractivity contribution in [3.8, 4) is 11.5 Å². The van der Waals surface area contributed by atoms with Crippen LogP contribution in [0.4, 0.5) is 0 Å². The third kappa shape index (κ3) is 2.56. The first-order valence-electron chi connectivity index (χ1n) is 7.79. The Morgan fingerprint density at radius 1 is 1.23 bits per heavy atom. The molecule has 1 unspecified atom stereocenters. The molecule has 1 saturated heterocycles. The fourth-order valence-electron chi connectivity index (χ4n) is 3.77. The molecule has 120 valence electrons. The maximum atomic E-state index is 9.41. The highest BCUT2D eigenvalue weighted by atomic mass is 35.5. The number of benzene rings is 1. The van der Waals surface area contributed by atoms with E-state index in [1.807, 2.05) is 12.1 Å². The molecule has 5 nitrogen and oxygen atoms in total. The summed E-state index contributed by atoms with van der Waals surface area (Å²) in [4.78, 5) is 2.42. The van der Waals surface area contributed by atoms with E-state index in [1.54, 1.807) is 0 Å². The zero-order valence-electron chi connectivity index (χ0n) is 12.3. The van der Waals surface area contributed by atoms with Crippen LogP contribution in [0.5, 0.6) is 11.5 Å². The lowest BCUT2D eigenvalue weighted by Gasteiger charge is -2.37. The predicted octanol–water partition coefficient (Wildman–Crippen LogP) is 2.04. The van der Waals surface area contributed by atoms with E-state index in [9.17, 15) is 5.11 Å². The Morgan fingerprint density at radius 3 is 2.86 bits per heavy atom. The second kappa shape index (κ2) is 5.89. The van der Waals surface area contributed by atoms with Crippen LogP contribution in [-0.4, -0.2) is 48.7 Å². The van der Waals surface area contributed by atoms with Crippen LogP contribution >= 0.6 is 11.6 Å². The van der Waals surface area contributed by atoms with Crippen molar-refractivity contribution in [3.63, 3.8) is 0 Å². The van der Waals surface area contributed by atoms with Gasteiger partial charge in [-0.2, -0.15) is 0 Å². The Kier molecular flexibility index (Phi) is 3.90. The van der Waals surface area contributed by atoms with Gasteiger partial charge in [0.1, 0.15) is 0 Å². The van der Waals surface area contributed by atoms with Crippen LogP contribution in [0.1, 0.15) is 18.4 Å². The quantitative estimate of drug-likeness (QED) is 0.921. The van der Waals surface area contributed by atoms with E-state index in [0.717, 1.165) is 49.6 Å². The van der Waals surface area contributed by atoms with Crippen molar-refractivity contribution in [2.75, 3.05) is 26.6 Å². The van der Waals surface area contributed by atoms with Gasteiger partial charge in [0.25, 0.3) is 0 Å². The van der Waals surface area contributed by atoms with Crippen molar-refractivity contribution in [1.82, 2.24) is 4.90 Å². The lowest BCUT2D eigenvalue weighted by Crippen LogP contribution is -2.47. The topological polar surface area (TPSA) is 51.2 Å². The first-order valence-corrected chi connectivity index (χ1v) is 8.17. The molecule has 6 heteroatoms. The largest absolute Gasteiger partial charge is 0.454 e. The summed E-state index contributed by atoms with van der Waals surface area (Å²) >= 11 is 6.39. The van der Waals surface area contributed by atoms with E-state index in [2.05, 4.69) is 4.90 Å². The fraction of sp³-hybridized carbons (Fsp3) is 0.625. The van der Waals surface area contributed by atoms with Crippen LogP contribution in [0.25, 0.3) is 0 Å². The number of morpholine rings is 1. The molecule has 1 N–H and O–H groups in total. The normalized spacial score (nSPS) is 30.5. The van der Waals surface area contributed by atoms with Crippen LogP contribution in [0.15, 0.2) is 12.1 Å². The number of halogens is 1. The molecule has 2 fully saturated rings. The average Bonchev–Trinajstić information content (AvgIpc) is 3.13. The van der Waals surface area contributed by atoms with E-state index < -0.39 is 0 Å². The van der Waals surface area contributed by atoms with Gasteiger partial charge in [0.2, 0.25) is 6.79 Å². The van der Waals surface area contributed by atoms with Crippen LogP contribution in [-0.2, 0) is 11.3 Å². The Labute approximate surface area is 134 Å². The molecule has 0 spiro atoms. The molecule has 1 aliphatic carbocycles. The lowest BCUT2D eigenvalue weighted by atomic mass is 10.1. The highest BCUT2D eigenvalue weighted by Gasteiger charge is 2.40. The van der Waals surface area contributed by atoms with Crippen molar-refractivity contribution in [1.29, 1.82) is 0 Å². The van der Waals surface area contributed by atoms with Crippen molar-refractivity contribution in [2.45, 2.75) is 31.5 Å². The second-order valence-corrected chi connectivity index (χ2v) is 6.67. The van der Waals surface area contributed by atoms with Gasteiger partial charge < -0.3 is 19.3 Å². The number of nitrogens with zero attached hydrogens (tertiary/aromatic N) is 1. The third-order valence-corrected chi connectivity index (χ3v) is 5.27. The Hall–Kier alpha value is -1.01. The van der Waals surface area contributed by atoms with Gasteiger partial charge in [-0.25, -0.2) is 0 Å². The van der Waals surface area contributed by atoms with E-state index in [1.165, 1.54) is 0 Å². The van der Waals surface area contributed by atoms with Gasteiger partial charge in [-0.15, -0.1) is 0 Å². The summed E-state index contributed by atoms with van der Waals surface area (Å²) in [5.74, 6) is 1.83. The average molecular weight is 326 g/mol. The van der Waals surface area contributed by atoms with Crippen molar-refractivity contribution >= 4 is 11.6 Å². The first-order chi connectivity index (χ1) is 10.7. The van der Waals surface area contributed by atoms with Crippen molar-refractivity contribution in [2.24, 2.45) is 5.92 Å². The molecule has 22 heavy (non-hydrogen) atoms. The van der Waals surface area contributed by atoms with E-state index in [-0.39, 0.29) is 19.5 Å². The summed E-state index contributed by atoms with van der Waals surface area (Å²) in [5, 5.41) is 10.1. The molecule has 0 amide bonds. The molecule has 4 rings (SSSR count). The number of ether oxygens (including phenoxy) is 3. The zero-order chi connectivity index (χ0) is 15.1. The summed E-state index contributed by atoms with van der Waals surface area (Å²) in [6.45, 7) is 2.91. The summed E-state index contributed by atoms with van der Waals surface area (Å²) in [7, 11) is 0. The van der Waals surface area contributed by atoms with Gasteiger partial charge >= 0.3 is 0 Å². The minimum Gasteiger partial charge on any atom is -0.454 e. The van der Waals surface area contributed by atoms with E-state index in [4.69, 9.17) is 25.8 Å². The molecule has 2 heterocycles. The molecule has 0 radical (unpaired) electrons. The monoisotopic (exact) mass is 325 g/mol. The van der Waals surface area contributed by atoms with Crippen LogP contribution in [0.2, 0.25) is 5.02 Å². The molecular formula is C16H20ClNO4.